The molecule has 2 amide bonds. The number of aliphatic imine (C=N–C) groups is 1. The number of rotatable bonds is 4. The third-order valence-electron chi connectivity index (χ3n) is 6.00. The number of fused-ring (bicyclic) bond motifs is 1. The van der Waals surface area contributed by atoms with Gasteiger partial charge in [0.15, 0.2) is 5.96 Å². The predicted molar refractivity (Wildman–Crippen MR) is 125 cm³/mol. The number of hydrogen-bond donors (Lipinski definition) is 2. The molecule has 4 rings (SSSR count). The first kappa shape index (κ1) is 21.9. The van der Waals surface area contributed by atoms with E-state index >= 15 is 0 Å². The fourth-order valence-electron chi connectivity index (χ4n) is 4.67. The molecule has 1 aromatic rings. The molecule has 2 N–H and O–H groups in total. The smallest absolute Gasteiger partial charge is 0.231 e. The monoisotopic (exact) mass is 511 g/mol. The van der Waals surface area contributed by atoms with Gasteiger partial charge < -0.3 is 20.4 Å². The first-order valence-corrected chi connectivity index (χ1v) is 10.3. The summed E-state index contributed by atoms with van der Waals surface area (Å²) in [5.74, 6) is 1.20. The van der Waals surface area contributed by atoms with E-state index in [2.05, 4.69) is 22.5 Å². The number of carbonyl (C=O) groups excluding carboxylic acids is 2. The van der Waals surface area contributed by atoms with Crippen LogP contribution in [0.2, 0.25) is 0 Å². The fourth-order valence-corrected chi connectivity index (χ4v) is 4.67. The van der Waals surface area contributed by atoms with Crippen molar-refractivity contribution in [1.82, 2.24) is 15.5 Å². The molecule has 1 spiro atoms. The van der Waals surface area contributed by atoms with Gasteiger partial charge in [0, 0.05) is 50.2 Å². The minimum Gasteiger partial charge on any atom is -0.357 e. The SMILES string of the molecule is CCNC(=NCCN1C(=O)Cc2ccccc21)N1CCCC2(CNC(=O)C2)C1.I. The molecule has 158 valence electrons. The zero-order valence-electron chi connectivity index (χ0n) is 16.9. The number of nitrogens with one attached hydrogen (secondary N) is 2. The molecular formula is C21H30IN5O2. The summed E-state index contributed by atoms with van der Waals surface area (Å²) in [6.45, 7) is 6.57. The summed E-state index contributed by atoms with van der Waals surface area (Å²) in [6, 6.07) is 7.98. The summed E-state index contributed by atoms with van der Waals surface area (Å²) >= 11 is 0. The van der Waals surface area contributed by atoms with Crippen molar-refractivity contribution in [3.05, 3.63) is 29.8 Å². The normalized spacial score (nSPS) is 23.8. The van der Waals surface area contributed by atoms with E-state index in [1.54, 1.807) is 0 Å². The van der Waals surface area contributed by atoms with Crippen LogP contribution in [0.15, 0.2) is 29.3 Å². The molecule has 1 aromatic carbocycles. The van der Waals surface area contributed by atoms with Crippen LogP contribution in [0.1, 0.15) is 31.7 Å². The number of amides is 2. The van der Waals surface area contributed by atoms with Crippen molar-refractivity contribution in [2.45, 2.75) is 32.6 Å². The Balaban J connectivity index is 0.00000240. The lowest BCUT2D eigenvalue weighted by atomic mass is 9.79. The Bertz CT molecular complexity index is 799. The van der Waals surface area contributed by atoms with Crippen LogP contribution in [-0.4, -0.2) is 61.9 Å². The number of hydrogen-bond acceptors (Lipinski definition) is 3. The summed E-state index contributed by atoms with van der Waals surface area (Å²) in [6.07, 6.45) is 3.25. The number of halogens is 1. The quantitative estimate of drug-likeness (QED) is 0.367. The van der Waals surface area contributed by atoms with Crippen molar-refractivity contribution in [1.29, 1.82) is 0 Å². The fraction of sp³-hybridized carbons (Fsp3) is 0.571. The summed E-state index contributed by atoms with van der Waals surface area (Å²) in [5.41, 5.74) is 2.15. The van der Waals surface area contributed by atoms with E-state index in [9.17, 15) is 9.59 Å². The average Bonchev–Trinajstić information content (AvgIpc) is 3.20. The minimum atomic E-state index is 0. The Morgan fingerprint density at radius 2 is 2.14 bits per heavy atom. The number of nitrogens with zero attached hydrogens (tertiary/aromatic N) is 3. The van der Waals surface area contributed by atoms with E-state index in [1.165, 1.54) is 0 Å². The van der Waals surface area contributed by atoms with Crippen LogP contribution in [0.4, 0.5) is 5.69 Å². The first-order valence-electron chi connectivity index (χ1n) is 10.3. The molecule has 1 unspecified atom stereocenters. The van der Waals surface area contributed by atoms with Crippen LogP contribution in [0.25, 0.3) is 0 Å². The summed E-state index contributed by atoms with van der Waals surface area (Å²) < 4.78 is 0. The highest BCUT2D eigenvalue weighted by molar-refractivity contribution is 14.0. The van der Waals surface area contributed by atoms with Gasteiger partial charge in [-0.05, 0) is 31.4 Å². The topological polar surface area (TPSA) is 77.0 Å². The van der Waals surface area contributed by atoms with Crippen molar-refractivity contribution >= 4 is 47.4 Å². The molecule has 2 fully saturated rings. The van der Waals surface area contributed by atoms with Crippen LogP contribution < -0.4 is 15.5 Å². The van der Waals surface area contributed by atoms with E-state index in [0.717, 1.165) is 56.2 Å². The largest absolute Gasteiger partial charge is 0.357 e. The highest BCUT2D eigenvalue weighted by Crippen LogP contribution is 2.36. The lowest BCUT2D eigenvalue weighted by Crippen LogP contribution is -2.51. The van der Waals surface area contributed by atoms with E-state index in [0.29, 0.717) is 25.9 Å². The van der Waals surface area contributed by atoms with E-state index in [1.807, 2.05) is 29.2 Å². The van der Waals surface area contributed by atoms with Crippen molar-refractivity contribution in [2.75, 3.05) is 44.2 Å². The maximum Gasteiger partial charge on any atom is 0.231 e. The second kappa shape index (κ2) is 9.32. The highest BCUT2D eigenvalue weighted by atomic mass is 127. The van der Waals surface area contributed by atoms with E-state index in [-0.39, 0.29) is 41.2 Å². The molecule has 3 aliphatic rings. The first-order chi connectivity index (χ1) is 13.6. The maximum absolute atomic E-state index is 12.3. The molecule has 0 bridgehead atoms. The zero-order valence-corrected chi connectivity index (χ0v) is 19.3. The van der Waals surface area contributed by atoms with Crippen LogP contribution in [0.3, 0.4) is 0 Å². The number of benzene rings is 1. The van der Waals surface area contributed by atoms with E-state index < -0.39 is 0 Å². The number of piperidine rings is 1. The Hall–Kier alpha value is -1.84. The van der Waals surface area contributed by atoms with Gasteiger partial charge in [0.2, 0.25) is 11.8 Å². The molecule has 29 heavy (non-hydrogen) atoms. The van der Waals surface area contributed by atoms with Crippen LogP contribution in [-0.2, 0) is 16.0 Å². The molecule has 3 aliphatic heterocycles. The minimum absolute atomic E-state index is 0. The van der Waals surface area contributed by atoms with E-state index in [4.69, 9.17) is 4.99 Å². The maximum atomic E-state index is 12.3. The van der Waals surface area contributed by atoms with Gasteiger partial charge in [0.05, 0.1) is 13.0 Å². The molecule has 3 heterocycles. The third-order valence-corrected chi connectivity index (χ3v) is 6.00. The second-order valence-electron chi connectivity index (χ2n) is 8.07. The zero-order chi connectivity index (χ0) is 19.6. The van der Waals surface area contributed by atoms with Gasteiger partial charge >= 0.3 is 0 Å². The predicted octanol–water partition coefficient (Wildman–Crippen LogP) is 1.76. The van der Waals surface area contributed by atoms with Gasteiger partial charge in [-0.25, -0.2) is 0 Å². The molecule has 8 heteroatoms. The number of para-hydroxylation sites is 1. The average molecular weight is 511 g/mol. The Labute approximate surface area is 189 Å². The van der Waals surface area contributed by atoms with Crippen LogP contribution in [0.5, 0.6) is 0 Å². The summed E-state index contributed by atoms with van der Waals surface area (Å²) in [7, 11) is 0. The van der Waals surface area contributed by atoms with Gasteiger partial charge in [-0.1, -0.05) is 18.2 Å². The number of guanidine groups is 1. The van der Waals surface area contributed by atoms with Crippen molar-refractivity contribution in [2.24, 2.45) is 10.4 Å². The number of anilines is 1. The van der Waals surface area contributed by atoms with Crippen molar-refractivity contribution in [3.8, 4) is 0 Å². The van der Waals surface area contributed by atoms with Crippen molar-refractivity contribution in [3.63, 3.8) is 0 Å². The van der Waals surface area contributed by atoms with Gasteiger partial charge in [0.25, 0.3) is 0 Å². The molecule has 0 aromatic heterocycles. The van der Waals surface area contributed by atoms with Gasteiger partial charge in [-0.2, -0.15) is 0 Å². The molecule has 0 radical (unpaired) electrons. The molecule has 2 saturated heterocycles. The molecule has 7 nitrogen and oxygen atoms in total. The third kappa shape index (κ3) is 4.67. The van der Waals surface area contributed by atoms with Gasteiger partial charge in [-0.15, -0.1) is 24.0 Å². The number of likely N-dealkylation sites (tertiary alicyclic amines) is 1. The number of carbonyl (C=O) groups is 2. The van der Waals surface area contributed by atoms with Gasteiger partial charge in [0.1, 0.15) is 0 Å². The lowest BCUT2D eigenvalue weighted by Gasteiger charge is -2.40. The molecule has 0 saturated carbocycles. The van der Waals surface area contributed by atoms with Crippen LogP contribution >= 0.6 is 24.0 Å². The lowest BCUT2D eigenvalue weighted by molar-refractivity contribution is -0.120. The second-order valence-corrected chi connectivity index (χ2v) is 8.07. The van der Waals surface area contributed by atoms with Gasteiger partial charge in [-0.3, -0.25) is 14.6 Å². The Kier molecular flexibility index (Phi) is 7.02. The highest BCUT2D eigenvalue weighted by Gasteiger charge is 2.42. The Morgan fingerprint density at radius 1 is 1.31 bits per heavy atom. The molecular weight excluding hydrogens is 481 g/mol. The standard InChI is InChI=1S/C21H29N5O2.HI/c1-2-22-20(25-10-5-8-21(15-25)13-18(27)24-14-21)23-9-11-26-17-7-4-3-6-16(17)12-19(26)28;/h3-4,6-7H,2,5,8-15H2,1H3,(H,22,23)(H,24,27);1H. The Morgan fingerprint density at radius 3 is 2.90 bits per heavy atom. The molecule has 0 aliphatic carbocycles. The van der Waals surface area contributed by atoms with Crippen molar-refractivity contribution < 1.29 is 9.59 Å². The summed E-state index contributed by atoms with van der Waals surface area (Å²) in [5, 5.41) is 6.39. The van der Waals surface area contributed by atoms with Crippen LogP contribution in [0, 0.1) is 5.41 Å². The summed E-state index contributed by atoms with van der Waals surface area (Å²) in [4.78, 5) is 33.0. The molecule has 1 atom stereocenters.